The number of allylic oxidation sites excluding steroid dienone is 4. The van der Waals surface area contributed by atoms with Crippen LogP contribution < -0.4 is 0 Å². The third kappa shape index (κ3) is 6.52. The van der Waals surface area contributed by atoms with E-state index >= 15 is 0 Å². The summed E-state index contributed by atoms with van der Waals surface area (Å²) in [4.78, 5) is 0. The first-order valence-corrected chi connectivity index (χ1v) is 4.35. The summed E-state index contributed by atoms with van der Waals surface area (Å²) >= 11 is 0. The molecule has 14 heavy (non-hydrogen) atoms. The second-order valence-corrected chi connectivity index (χ2v) is 2.68. The van der Waals surface area contributed by atoms with Gasteiger partial charge in [0.25, 0.3) is 0 Å². The van der Waals surface area contributed by atoms with Crippen molar-refractivity contribution in [1.82, 2.24) is 0 Å². The monoisotopic (exact) mass is 206 g/mol. The Morgan fingerprint density at radius 3 is 1.50 bits per heavy atom. The van der Waals surface area contributed by atoms with Gasteiger partial charge in [-0.2, -0.15) is 13.2 Å². The molecule has 0 radical (unpaired) electrons. The van der Waals surface area contributed by atoms with Crippen molar-refractivity contribution in [3.8, 4) is 0 Å². The van der Waals surface area contributed by atoms with Crippen LogP contribution in [-0.4, -0.2) is 6.18 Å². The van der Waals surface area contributed by atoms with Crippen LogP contribution in [0.25, 0.3) is 0 Å². The molecule has 0 spiro atoms. The Morgan fingerprint density at radius 1 is 1.07 bits per heavy atom. The van der Waals surface area contributed by atoms with E-state index in [9.17, 15) is 13.2 Å². The highest BCUT2D eigenvalue weighted by molar-refractivity contribution is 5.36. The molecule has 0 unspecified atom stereocenters. The highest BCUT2D eigenvalue weighted by Gasteiger charge is 2.33. The van der Waals surface area contributed by atoms with Crippen LogP contribution in [0.1, 0.15) is 27.7 Å². The molecule has 0 aliphatic rings. The van der Waals surface area contributed by atoms with Crippen LogP contribution in [0.2, 0.25) is 0 Å². The van der Waals surface area contributed by atoms with Crippen LogP contribution in [0.3, 0.4) is 0 Å². The molecular weight excluding hydrogens is 189 g/mol. The summed E-state index contributed by atoms with van der Waals surface area (Å²) in [6.07, 6.45) is -3.34. The number of alkyl halides is 3. The maximum Gasteiger partial charge on any atom is 0.416 e. The van der Waals surface area contributed by atoms with Gasteiger partial charge in [0.2, 0.25) is 0 Å². The zero-order valence-corrected chi connectivity index (χ0v) is 9.13. The van der Waals surface area contributed by atoms with Crippen molar-refractivity contribution in [2.24, 2.45) is 0 Å². The molecule has 0 amide bonds. The predicted molar refractivity (Wildman–Crippen MR) is 55.1 cm³/mol. The van der Waals surface area contributed by atoms with E-state index in [1.165, 1.54) is 13.8 Å². The van der Waals surface area contributed by atoms with E-state index in [4.69, 9.17) is 0 Å². The topological polar surface area (TPSA) is 0 Å². The van der Waals surface area contributed by atoms with E-state index in [0.717, 1.165) is 6.08 Å². The van der Waals surface area contributed by atoms with Crippen LogP contribution >= 0.6 is 0 Å². The third-order valence-electron chi connectivity index (χ3n) is 1.16. The quantitative estimate of drug-likeness (QED) is 0.577. The van der Waals surface area contributed by atoms with Crippen molar-refractivity contribution in [3.63, 3.8) is 0 Å². The summed E-state index contributed by atoms with van der Waals surface area (Å²) in [6.45, 7) is 13.4. The Kier molecular flexibility index (Phi) is 7.15. The van der Waals surface area contributed by atoms with E-state index < -0.39 is 11.7 Å². The summed E-state index contributed by atoms with van der Waals surface area (Å²) in [6, 6.07) is 0. The first-order valence-electron chi connectivity index (χ1n) is 4.35. The number of halogens is 3. The molecule has 82 valence electrons. The summed E-state index contributed by atoms with van der Waals surface area (Å²) in [7, 11) is 0. The molecule has 0 N–H and O–H groups in total. The number of hydrogen-bond donors (Lipinski definition) is 0. The highest BCUT2D eigenvalue weighted by Crippen LogP contribution is 2.30. The minimum Gasteiger partial charge on any atom is -0.166 e. The van der Waals surface area contributed by atoms with Crippen molar-refractivity contribution < 1.29 is 13.2 Å². The maximum atomic E-state index is 12.2. The molecule has 0 aromatic heterocycles. The van der Waals surface area contributed by atoms with Crippen LogP contribution in [0.15, 0.2) is 36.0 Å². The Balaban J connectivity index is 0. The SMILES string of the molecule is C=C(C)/C=C(\C(=C)C)C(F)(F)F.CC. The normalized spacial score (nSPS) is 11.5. The van der Waals surface area contributed by atoms with Crippen molar-refractivity contribution in [3.05, 3.63) is 36.0 Å². The first kappa shape index (κ1) is 15.5. The van der Waals surface area contributed by atoms with Gasteiger partial charge in [-0.1, -0.05) is 32.6 Å². The second kappa shape index (κ2) is 6.46. The minimum atomic E-state index is -4.33. The van der Waals surface area contributed by atoms with Gasteiger partial charge in [0.15, 0.2) is 0 Å². The molecule has 0 aromatic carbocycles. The summed E-state index contributed by atoms with van der Waals surface area (Å²) < 4.78 is 36.5. The van der Waals surface area contributed by atoms with Gasteiger partial charge in [-0.25, -0.2) is 0 Å². The van der Waals surface area contributed by atoms with Gasteiger partial charge in [-0.3, -0.25) is 0 Å². The zero-order chi connectivity index (χ0) is 11.9. The van der Waals surface area contributed by atoms with E-state index in [1.54, 1.807) is 0 Å². The smallest absolute Gasteiger partial charge is 0.166 e. The summed E-state index contributed by atoms with van der Waals surface area (Å²) in [5.74, 6) is 0. The van der Waals surface area contributed by atoms with E-state index in [2.05, 4.69) is 13.2 Å². The Labute approximate surface area is 83.8 Å². The van der Waals surface area contributed by atoms with E-state index in [-0.39, 0.29) is 5.57 Å². The van der Waals surface area contributed by atoms with Crippen molar-refractivity contribution in [2.45, 2.75) is 33.9 Å². The molecule has 0 heterocycles. The molecule has 0 fully saturated rings. The fourth-order valence-electron chi connectivity index (χ4n) is 0.693. The van der Waals surface area contributed by atoms with Gasteiger partial charge >= 0.3 is 6.18 Å². The van der Waals surface area contributed by atoms with E-state index in [0.29, 0.717) is 5.57 Å². The van der Waals surface area contributed by atoms with Gasteiger partial charge in [-0.05, 0) is 25.5 Å². The standard InChI is InChI=1S/C9H11F3.C2H6/c1-6(2)5-8(7(3)4)9(10,11)12;1-2/h5H,1,3H2,2,4H3;1-2H3/b8-5+;. The molecule has 0 bridgehead atoms. The van der Waals surface area contributed by atoms with Crippen LogP contribution in [0.4, 0.5) is 13.2 Å². The van der Waals surface area contributed by atoms with Gasteiger partial charge in [0, 0.05) is 0 Å². The molecule has 0 saturated heterocycles. The molecule has 0 atom stereocenters. The molecule has 0 saturated carbocycles. The molecule has 0 aromatic rings. The average Bonchev–Trinajstić information content (AvgIpc) is 2.01. The van der Waals surface area contributed by atoms with Gasteiger partial charge in [0.1, 0.15) is 0 Å². The lowest BCUT2D eigenvalue weighted by atomic mass is 10.1. The first-order chi connectivity index (χ1) is 6.25. The van der Waals surface area contributed by atoms with Gasteiger partial charge in [0.05, 0.1) is 5.57 Å². The van der Waals surface area contributed by atoms with Crippen molar-refractivity contribution >= 4 is 0 Å². The zero-order valence-electron chi connectivity index (χ0n) is 9.13. The van der Waals surface area contributed by atoms with Crippen molar-refractivity contribution in [2.75, 3.05) is 0 Å². The van der Waals surface area contributed by atoms with Gasteiger partial charge < -0.3 is 0 Å². The molecule has 0 aliphatic heterocycles. The highest BCUT2D eigenvalue weighted by atomic mass is 19.4. The largest absolute Gasteiger partial charge is 0.416 e. The van der Waals surface area contributed by atoms with Gasteiger partial charge in [-0.15, -0.1) is 0 Å². The number of hydrogen-bond acceptors (Lipinski definition) is 0. The predicted octanol–water partition coefficient (Wildman–Crippen LogP) is 4.65. The fourth-order valence-corrected chi connectivity index (χ4v) is 0.693. The van der Waals surface area contributed by atoms with Crippen LogP contribution in [0, 0.1) is 0 Å². The lowest BCUT2D eigenvalue weighted by Gasteiger charge is -2.10. The summed E-state index contributed by atoms with van der Waals surface area (Å²) in [5.41, 5.74) is -0.342. The second-order valence-electron chi connectivity index (χ2n) is 2.68. The fraction of sp³-hybridized carbons (Fsp3) is 0.455. The Morgan fingerprint density at radius 2 is 1.43 bits per heavy atom. The molecule has 0 rings (SSSR count). The molecular formula is C11H17F3. The third-order valence-corrected chi connectivity index (χ3v) is 1.16. The van der Waals surface area contributed by atoms with E-state index in [1.807, 2.05) is 13.8 Å². The molecule has 3 heteroatoms. The number of rotatable bonds is 2. The molecule has 0 aliphatic carbocycles. The summed E-state index contributed by atoms with van der Waals surface area (Å²) in [5, 5.41) is 0. The Bertz CT molecular complexity index is 231. The Hall–Kier alpha value is -0.990. The lowest BCUT2D eigenvalue weighted by molar-refractivity contribution is -0.0893. The maximum absolute atomic E-state index is 12.2. The van der Waals surface area contributed by atoms with Crippen LogP contribution in [0.5, 0.6) is 0 Å². The van der Waals surface area contributed by atoms with Crippen molar-refractivity contribution in [1.29, 1.82) is 0 Å². The van der Waals surface area contributed by atoms with Crippen LogP contribution in [-0.2, 0) is 0 Å². The lowest BCUT2D eigenvalue weighted by Crippen LogP contribution is -2.12. The minimum absolute atomic E-state index is 0.00509. The average molecular weight is 206 g/mol. The molecule has 0 nitrogen and oxygen atoms in total.